The average molecular weight is 305 g/mol. The van der Waals surface area contributed by atoms with E-state index in [-0.39, 0.29) is 16.6 Å². The molecule has 3 rings (SSSR count). The van der Waals surface area contributed by atoms with Gasteiger partial charge in [0.15, 0.2) is 9.84 Å². The Morgan fingerprint density at radius 2 is 1.76 bits per heavy atom. The Morgan fingerprint density at radius 3 is 2.38 bits per heavy atom. The highest BCUT2D eigenvalue weighted by molar-refractivity contribution is 7.92. The molecule has 1 fully saturated rings. The molecule has 21 heavy (non-hydrogen) atoms. The van der Waals surface area contributed by atoms with Gasteiger partial charge in [-0.2, -0.15) is 0 Å². The molecular formula is C16H16FNO2S. The van der Waals surface area contributed by atoms with Crippen LogP contribution in [-0.4, -0.2) is 19.7 Å². The second-order valence-corrected chi connectivity index (χ2v) is 7.59. The first-order chi connectivity index (χ1) is 9.91. The number of sulfone groups is 1. The fraction of sp³-hybridized carbons (Fsp3) is 0.250. The maximum absolute atomic E-state index is 13.3. The first-order valence-corrected chi connectivity index (χ1v) is 8.27. The fourth-order valence-corrected chi connectivity index (χ4v) is 4.76. The molecule has 0 spiro atoms. The third-order valence-corrected chi connectivity index (χ3v) is 6.20. The molecule has 110 valence electrons. The van der Waals surface area contributed by atoms with Crippen molar-refractivity contribution in [3.8, 4) is 0 Å². The lowest BCUT2D eigenvalue weighted by Crippen LogP contribution is -2.15. The van der Waals surface area contributed by atoms with Gasteiger partial charge in [0, 0.05) is 12.0 Å². The molecule has 0 heterocycles. The zero-order valence-corrected chi connectivity index (χ0v) is 12.3. The molecule has 3 atom stereocenters. The molecule has 1 saturated carbocycles. The lowest BCUT2D eigenvalue weighted by Gasteiger charge is -2.04. The Hall–Kier alpha value is -1.72. The van der Waals surface area contributed by atoms with Crippen molar-refractivity contribution in [1.82, 2.24) is 0 Å². The van der Waals surface area contributed by atoms with E-state index < -0.39 is 21.1 Å². The van der Waals surface area contributed by atoms with Crippen LogP contribution in [-0.2, 0) is 9.84 Å². The highest BCUT2D eigenvalue weighted by Gasteiger charge is 2.57. The van der Waals surface area contributed by atoms with Crippen LogP contribution in [0.25, 0.3) is 0 Å². The molecular weight excluding hydrogens is 289 g/mol. The molecule has 0 unspecified atom stereocenters. The number of hydrogen-bond donors (Lipinski definition) is 1. The highest BCUT2D eigenvalue weighted by atomic mass is 32.2. The van der Waals surface area contributed by atoms with Gasteiger partial charge in [-0.15, -0.1) is 0 Å². The second kappa shape index (κ2) is 4.93. The summed E-state index contributed by atoms with van der Waals surface area (Å²) in [5, 5.41) is -0.679. The second-order valence-electron chi connectivity index (χ2n) is 5.48. The average Bonchev–Trinajstić information content (AvgIpc) is 3.12. The predicted octanol–water partition coefficient (Wildman–Crippen LogP) is 2.40. The SMILES string of the molecule is Cc1ccc(S(=O)(=O)[C@@H]2[C@H](N)[C@@H]2c2cccc(F)c2)cc1. The lowest BCUT2D eigenvalue weighted by atomic mass is 10.1. The van der Waals surface area contributed by atoms with Crippen LogP contribution >= 0.6 is 0 Å². The van der Waals surface area contributed by atoms with Crippen molar-refractivity contribution in [1.29, 1.82) is 0 Å². The van der Waals surface area contributed by atoms with E-state index in [0.29, 0.717) is 5.56 Å². The number of rotatable bonds is 3. The summed E-state index contributed by atoms with van der Waals surface area (Å²) >= 11 is 0. The van der Waals surface area contributed by atoms with Crippen LogP contribution in [0.3, 0.4) is 0 Å². The summed E-state index contributed by atoms with van der Waals surface area (Å²) in [6, 6.07) is 12.2. The summed E-state index contributed by atoms with van der Waals surface area (Å²) in [6.45, 7) is 1.90. The quantitative estimate of drug-likeness (QED) is 0.947. The zero-order valence-electron chi connectivity index (χ0n) is 11.5. The molecule has 0 aromatic heterocycles. The van der Waals surface area contributed by atoms with Crippen molar-refractivity contribution < 1.29 is 12.8 Å². The number of aryl methyl sites for hydroxylation is 1. The van der Waals surface area contributed by atoms with Crippen LogP contribution in [0.1, 0.15) is 17.0 Å². The van der Waals surface area contributed by atoms with Crippen LogP contribution in [0, 0.1) is 12.7 Å². The zero-order chi connectivity index (χ0) is 15.2. The number of halogens is 1. The molecule has 0 radical (unpaired) electrons. The Kier molecular flexibility index (Phi) is 3.34. The Bertz CT molecular complexity index is 771. The molecule has 0 amide bonds. The van der Waals surface area contributed by atoms with Gasteiger partial charge in [0.2, 0.25) is 0 Å². The summed E-state index contributed by atoms with van der Waals surface area (Å²) in [7, 11) is -3.49. The highest BCUT2D eigenvalue weighted by Crippen LogP contribution is 2.47. The van der Waals surface area contributed by atoms with E-state index in [2.05, 4.69) is 0 Å². The minimum absolute atomic E-state index is 0.271. The summed E-state index contributed by atoms with van der Waals surface area (Å²) in [5.41, 5.74) is 7.58. The molecule has 2 aromatic rings. The van der Waals surface area contributed by atoms with Crippen molar-refractivity contribution in [2.24, 2.45) is 5.73 Å². The smallest absolute Gasteiger partial charge is 0.183 e. The Morgan fingerprint density at radius 1 is 1.10 bits per heavy atom. The van der Waals surface area contributed by atoms with Crippen molar-refractivity contribution in [2.45, 2.75) is 29.0 Å². The first kappa shape index (κ1) is 14.2. The topological polar surface area (TPSA) is 60.2 Å². The van der Waals surface area contributed by atoms with Gasteiger partial charge < -0.3 is 5.73 Å². The minimum Gasteiger partial charge on any atom is -0.326 e. The molecule has 3 nitrogen and oxygen atoms in total. The van der Waals surface area contributed by atoms with Crippen LogP contribution in [0.4, 0.5) is 4.39 Å². The number of hydrogen-bond acceptors (Lipinski definition) is 3. The third-order valence-electron chi connectivity index (χ3n) is 3.95. The van der Waals surface area contributed by atoms with Gasteiger partial charge in [-0.3, -0.25) is 0 Å². The first-order valence-electron chi connectivity index (χ1n) is 6.73. The molecule has 1 aliphatic rings. The summed E-state index contributed by atoms with van der Waals surface area (Å²) < 4.78 is 38.5. The maximum Gasteiger partial charge on any atom is 0.183 e. The third kappa shape index (κ3) is 2.47. The van der Waals surface area contributed by atoms with Gasteiger partial charge in [0.25, 0.3) is 0 Å². The van der Waals surface area contributed by atoms with E-state index in [0.717, 1.165) is 5.56 Å². The van der Waals surface area contributed by atoms with E-state index in [1.807, 2.05) is 6.92 Å². The molecule has 0 aliphatic heterocycles. The largest absolute Gasteiger partial charge is 0.326 e. The normalized spacial score (nSPS) is 24.8. The molecule has 0 saturated heterocycles. The monoisotopic (exact) mass is 305 g/mol. The Labute approximate surface area is 123 Å². The summed E-state index contributed by atoms with van der Waals surface area (Å²) in [4.78, 5) is 0.271. The van der Waals surface area contributed by atoms with Gasteiger partial charge >= 0.3 is 0 Å². The van der Waals surface area contributed by atoms with Crippen LogP contribution in [0.5, 0.6) is 0 Å². The standard InChI is InChI=1S/C16H16FNO2S/c1-10-5-7-13(8-6-10)21(19,20)16-14(15(16)18)11-3-2-4-12(17)9-11/h2-9,14-16H,18H2,1H3/t14-,15+,16-/m0/s1. The summed E-state index contributed by atoms with van der Waals surface area (Å²) in [6.07, 6.45) is 0. The van der Waals surface area contributed by atoms with Gasteiger partial charge in [0.05, 0.1) is 10.1 Å². The van der Waals surface area contributed by atoms with Crippen molar-refractivity contribution in [3.05, 3.63) is 65.5 Å². The van der Waals surface area contributed by atoms with Gasteiger partial charge in [-0.25, -0.2) is 12.8 Å². The van der Waals surface area contributed by atoms with Crippen LogP contribution in [0.2, 0.25) is 0 Å². The van der Waals surface area contributed by atoms with E-state index >= 15 is 0 Å². The van der Waals surface area contributed by atoms with E-state index in [1.165, 1.54) is 12.1 Å². The summed E-state index contributed by atoms with van der Waals surface area (Å²) in [5.74, 6) is -0.718. The minimum atomic E-state index is -3.49. The van der Waals surface area contributed by atoms with Crippen molar-refractivity contribution in [3.63, 3.8) is 0 Å². The molecule has 0 bridgehead atoms. The lowest BCUT2D eigenvalue weighted by molar-refractivity contribution is 0.593. The maximum atomic E-state index is 13.3. The van der Waals surface area contributed by atoms with Crippen LogP contribution in [0.15, 0.2) is 53.4 Å². The molecule has 2 aromatic carbocycles. The van der Waals surface area contributed by atoms with E-state index in [1.54, 1.807) is 36.4 Å². The molecule has 5 heteroatoms. The van der Waals surface area contributed by atoms with Crippen LogP contribution < -0.4 is 5.73 Å². The molecule has 2 N–H and O–H groups in total. The van der Waals surface area contributed by atoms with Crippen molar-refractivity contribution in [2.75, 3.05) is 0 Å². The van der Waals surface area contributed by atoms with Gasteiger partial charge in [-0.05, 0) is 36.8 Å². The predicted molar refractivity (Wildman–Crippen MR) is 79.3 cm³/mol. The fourth-order valence-electron chi connectivity index (χ4n) is 2.72. The Balaban J connectivity index is 1.93. The number of benzene rings is 2. The van der Waals surface area contributed by atoms with Gasteiger partial charge in [0.1, 0.15) is 5.82 Å². The number of nitrogens with two attached hydrogens (primary N) is 1. The van der Waals surface area contributed by atoms with Gasteiger partial charge in [-0.1, -0.05) is 29.8 Å². The van der Waals surface area contributed by atoms with Crippen molar-refractivity contribution >= 4 is 9.84 Å². The van der Waals surface area contributed by atoms with E-state index in [9.17, 15) is 12.8 Å². The van der Waals surface area contributed by atoms with E-state index in [4.69, 9.17) is 5.73 Å². The molecule has 1 aliphatic carbocycles.